The van der Waals surface area contributed by atoms with Crippen LogP contribution in [0.1, 0.15) is 62.5 Å². The molecule has 0 aliphatic rings. The maximum Gasteiger partial charge on any atom is 0.471 e. The SMILES string of the molecule is COCCOCCOCCOCCCC(=O)CC[C@H](NC(=O)c1ccc(N(Cc2cnc3nc(N)[nH]c(=O)c3n2)C(=O)C(F)(F)F)cc1)C(=O)OC(C)(C)C. The minimum Gasteiger partial charge on any atom is -0.458 e. The van der Waals surface area contributed by atoms with Crippen LogP contribution in [0.5, 0.6) is 0 Å². The lowest BCUT2D eigenvalue weighted by Gasteiger charge is -2.25. The number of amides is 2. The topological polar surface area (TPSA) is 227 Å². The van der Waals surface area contributed by atoms with Crippen molar-refractivity contribution in [3.05, 3.63) is 52.1 Å². The fraction of sp³-hybridized carbons (Fsp3) is 0.543. The number of hydrogen-bond donors (Lipinski definition) is 3. The quantitative estimate of drug-likeness (QED) is 0.0984. The average molecular weight is 782 g/mol. The summed E-state index contributed by atoms with van der Waals surface area (Å²) in [5.74, 6) is -4.23. The van der Waals surface area contributed by atoms with Gasteiger partial charge in [0.15, 0.2) is 11.2 Å². The number of Topliss-reactive ketones (excluding diaryl/α,β-unsaturated/α-hetero) is 1. The van der Waals surface area contributed by atoms with Crippen LogP contribution in [0.2, 0.25) is 0 Å². The van der Waals surface area contributed by atoms with Gasteiger partial charge < -0.3 is 34.7 Å². The molecule has 55 heavy (non-hydrogen) atoms. The number of methoxy groups -OCH3 is 1. The molecule has 4 N–H and O–H groups in total. The molecular weight excluding hydrogens is 735 g/mol. The van der Waals surface area contributed by atoms with Crippen LogP contribution in [0.3, 0.4) is 0 Å². The Kier molecular flexibility index (Phi) is 17.1. The average Bonchev–Trinajstić information content (AvgIpc) is 3.11. The number of ether oxygens (including phenoxy) is 5. The maximum atomic E-state index is 13.7. The van der Waals surface area contributed by atoms with Gasteiger partial charge >= 0.3 is 18.1 Å². The third kappa shape index (κ3) is 15.3. The summed E-state index contributed by atoms with van der Waals surface area (Å²) in [5.41, 5.74) is 2.84. The molecule has 17 nitrogen and oxygen atoms in total. The van der Waals surface area contributed by atoms with Crippen molar-refractivity contribution >= 4 is 46.4 Å². The molecule has 0 aliphatic heterocycles. The Bertz CT molecular complexity index is 1800. The summed E-state index contributed by atoms with van der Waals surface area (Å²) in [6.07, 6.45) is -3.79. The summed E-state index contributed by atoms with van der Waals surface area (Å²) in [6.45, 7) is 7.02. The van der Waals surface area contributed by atoms with Gasteiger partial charge in [-0.25, -0.2) is 14.8 Å². The number of fused-ring (bicyclic) bond motifs is 1. The number of nitrogens with zero attached hydrogens (tertiary/aromatic N) is 4. The highest BCUT2D eigenvalue weighted by atomic mass is 19.4. The van der Waals surface area contributed by atoms with Gasteiger partial charge in [0.05, 0.1) is 58.1 Å². The smallest absolute Gasteiger partial charge is 0.458 e. The largest absolute Gasteiger partial charge is 0.471 e. The van der Waals surface area contributed by atoms with Crippen LogP contribution in [-0.4, -0.2) is 115 Å². The number of rotatable bonds is 22. The number of nitrogen functional groups attached to an aromatic ring is 1. The maximum absolute atomic E-state index is 13.7. The molecule has 0 unspecified atom stereocenters. The van der Waals surface area contributed by atoms with E-state index in [-0.39, 0.29) is 59.1 Å². The molecular formula is C35H46F3N7O10. The minimum atomic E-state index is -5.30. The fourth-order valence-corrected chi connectivity index (χ4v) is 4.78. The number of hydrogen-bond acceptors (Lipinski definition) is 14. The van der Waals surface area contributed by atoms with E-state index in [9.17, 15) is 37.1 Å². The Morgan fingerprint density at radius 2 is 1.53 bits per heavy atom. The summed E-state index contributed by atoms with van der Waals surface area (Å²) in [7, 11) is 1.59. The second kappa shape index (κ2) is 21.1. The zero-order valence-electron chi connectivity index (χ0n) is 31.0. The van der Waals surface area contributed by atoms with E-state index >= 15 is 0 Å². The second-order valence-corrected chi connectivity index (χ2v) is 13.0. The highest BCUT2D eigenvalue weighted by Gasteiger charge is 2.43. The number of aromatic amines is 1. The number of esters is 1. The van der Waals surface area contributed by atoms with E-state index < -0.39 is 47.7 Å². The van der Waals surface area contributed by atoms with Crippen LogP contribution in [0, 0.1) is 0 Å². The van der Waals surface area contributed by atoms with Gasteiger partial charge in [-0.05, 0) is 57.9 Å². The highest BCUT2D eigenvalue weighted by Crippen LogP contribution is 2.26. The number of benzene rings is 1. The molecule has 2 amide bonds. The van der Waals surface area contributed by atoms with E-state index in [1.807, 2.05) is 0 Å². The van der Waals surface area contributed by atoms with E-state index in [0.717, 1.165) is 30.5 Å². The molecule has 2 heterocycles. The number of nitrogens with two attached hydrogens (primary N) is 1. The van der Waals surface area contributed by atoms with Crippen molar-refractivity contribution in [2.75, 3.05) is 64.0 Å². The number of aromatic nitrogens is 4. The van der Waals surface area contributed by atoms with Crippen LogP contribution >= 0.6 is 0 Å². The number of ketones is 1. The number of carbonyl (C=O) groups excluding carboxylic acids is 4. The number of carbonyl (C=O) groups is 4. The summed E-state index contributed by atoms with van der Waals surface area (Å²) >= 11 is 0. The number of nitrogens with one attached hydrogen (secondary N) is 2. The van der Waals surface area contributed by atoms with Crippen molar-refractivity contribution in [1.82, 2.24) is 25.3 Å². The van der Waals surface area contributed by atoms with Gasteiger partial charge in [0.1, 0.15) is 17.4 Å². The van der Waals surface area contributed by atoms with Gasteiger partial charge in [-0.2, -0.15) is 18.2 Å². The van der Waals surface area contributed by atoms with E-state index in [0.29, 0.717) is 57.6 Å². The van der Waals surface area contributed by atoms with Crippen molar-refractivity contribution < 1.29 is 56.0 Å². The number of alkyl halides is 3. The van der Waals surface area contributed by atoms with Gasteiger partial charge in [0.25, 0.3) is 11.5 Å². The molecule has 20 heteroatoms. The lowest BCUT2D eigenvalue weighted by atomic mass is 10.0. The predicted octanol–water partition coefficient (Wildman–Crippen LogP) is 2.66. The van der Waals surface area contributed by atoms with E-state index in [2.05, 4.69) is 25.3 Å². The first kappa shape index (κ1) is 44.3. The summed E-state index contributed by atoms with van der Waals surface area (Å²) in [4.78, 5) is 77.9. The van der Waals surface area contributed by atoms with E-state index in [1.54, 1.807) is 27.9 Å². The summed E-state index contributed by atoms with van der Waals surface area (Å²) in [6, 6.07) is 3.28. The van der Waals surface area contributed by atoms with Crippen LogP contribution < -0.4 is 21.5 Å². The van der Waals surface area contributed by atoms with Gasteiger partial charge in [0.2, 0.25) is 5.95 Å². The lowest BCUT2D eigenvalue weighted by molar-refractivity contribution is -0.170. The molecule has 0 bridgehead atoms. The number of H-pyrrole nitrogens is 1. The lowest BCUT2D eigenvalue weighted by Crippen LogP contribution is -2.44. The highest BCUT2D eigenvalue weighted by molar-refractivity contribution is 5.99. The molecule has 0 radical (unpaired) electrons. The summed E-state index contributed by atoms with van der Waals surface area (Å²) in [5, 5.41) is 2.54. The molecule has 3 aromatic rings. The molecule has 302 valence electrons. The van der Waals surface area contributed by atoms with E-state index in [4.69, 9.17) is 29.4 Å². The molecule has 1 aromatic carbocycles. The van der Waals surface area contributed by atoms with Gasteiger partial charge in [-0.3, -0.25) is 29.1 Å². The van der Waals surface area contributed by atoms with Crippen LogP contribution in [0.4, 0.5) is 24.8 Å². The van der Waals surface area contributed by atoms with Crippen LogP contribution in [-0.2, 0) is 44.6 Å². The van der Waals surface area contributed by atoms with Crippen molar-refractivity contribution in [1.29, 1.82) is 0 Å². The molecule has 0 aliphatic carbocycles. The molecule has 2 aromatic heterocycles. The van der Waals surface area contributed by atoms with Crippen molar-refractivity contribution in [2.24, 2.45) is 0 Å². The Balaban J connectivity index is 1.61. The summed E-state index contributed by atoms with van der Waals surface area (Å²) < 4.78 is 67.5. The van der Waals surface area contributed by atoms with Crippen molar-refractivity contribution in [3.8, 4) is 0 Å². The fourth-order valence-electron chi connectivity index (χ4n) is 4.78. The van der Waals surface area contributed by atoms with Gasteiger partial charge in [-0.15, -0.1) is 0 Å². The zero-order chi connectivity index (χ0) is 40.6. The zero-order valence-corrected chi connectivity index (χ0v) is 31.0. The van der Waals surface area contributed by atoms with Crippen molar-refractivity contribution in [2.45, 2.75) is 70.8 Å². The standard InChI is InChI=1S/C35H46F3N7O10/c1-34(2,3)55-31(49)26(12-11-25(46)6-5-13-52-16-17-54-19-18-53-15-14-51-4)42-29(47)22-7-9-24(10-8-22)45(32(50)35(36,37)38)21-23-20-40-28-27(41-23)30(48)44-33(39)43-28/h7-10,20,26H,5-6,11-19,21H2,1-4H3,(H,42,47)(H3,39,40,43,44,48)/t26-/m0/s1. The number of anilines is 2. The molecule has 1 atom stereocenters. The normalized spacial score (nSPS) is 12.3. The molecule has 0 spiro atoms. The Hall–Kier alpha value is -5.05. The van der Waals surface area contributed by atoms with Gasteiger partial charge in [0, 0.05) is 37.8 Å². The Labute approximate surface area is 314 Å². The molecule has 0 saturated carbocycles. The first-order valence-electron chi connectivity index (χ1n) is 17.3. The predicted molar refractivity (Wildman–Crippen MR) is 191 cm³/mol. The third-order valence-corrected chi connectivity index (χ3v) is 7.36. The molecule has 0 saturated heterocycles. The monoisotopic (exact) mass is 781 g/mol. The van der Waals surface area contributed by atoms with Crippen molar-refractivity contribution in [3.63, 3.8) is 0 Å². The molecule has 3 rings (SSSR count). The first-order chi connectivity index (χ1) is 26.0. The van der Waals surface area contributed by atoms with Gasteiger partial charge in [-0.1, -0.05) is 0 Å². The van der Waals surface area contributed by atoms with E-state index in [1.165, 1.54) is 0 Å². The first-order valence-corrected chi connectivity index (χ1v) is 17.3. The minimum absolute atomic E-state index is 0.0587. The van der Waals surface area contributed by atoms with Crippen LogP contribution in [0.25, 0.3) is 11.2 Å². The second-order valence-electron chi connectivity index (χ2n) is 13.0. The Morgan fingerprint density at radius 1 is 0.909 bits per heavy atom. The Morgan fingerprint density at radius 3 is 2.13 bits per heavy atom. The third-order valence-electron chi connectivity index (χ3n) is 7.36. The molecule has 0 fully saturated rings. The van der Waals surface area contributed by atoms with Crippen LogP contribution in [0.15, 0.2) is 35.3 Å². The number of halogens is 3.